The zero-order valence-corrected chi connectivity index (χ0v) is 14.4. The minimum absolute atomic E-state index is 0.181. The molecular weight excluding hydrogens is 312 g/mol. The Morgan fingerprint density at radius 1 is 1.08 bits per heavy atom. The first-order chi connectivity index (χ1) is 12.2. The maximum atomic E-state index is 12.7. The molecule has 128 valence electrons. The van der Waals surface area contributed by atoms with Gasteiger partial charge in [-0.15, -0.1) is 0 Å². The molecule has 4 nitrogen and oxygen atoms in total. The monoisotopic (exact) mass is 334 g/mol. The van der Waals surface area contributed by atoms with Crippen LogP contribution in [0.2, 0.25) is 0 Å². The summed E-state index contributed by atoms with van der Waals surface area (Å²) >= 11 is 0. The second-order valence-corrected chi connectivity index (χ2v) is 6.90. The van der Waals surface area contributed by atoms with Crippen molar-refractivity contribution in [1.82, 2.24) is 0 Å². The molecule has 25 heavy (non-hydrogen) atoms. The van der Waals surface area contributed by atoms with Gasteiger partial charge in [-0.05, 0) is 53.3 Å². The highest BCUT2D eigenvalue weighted by molar-refractivity contribution is 6.06. The lowest BCUT2D eigenvalue weighted by molar-refractivity contribution is -0.121. The van der Waals surface area contributed by atoms with Gasteiger partial charge in [-0.25, -0.2) is 0 Å². The van der Waals surface area contributed by atoms with E-state index in [9.17, 15) is 4.79 Å². The highest BCUT2D eigenvalue weighted by Crippen LogP contribution is 2.48. The summed E-state index contributed by atoms with van der Waals surface area (Å²) in [5.74, 6) is 0.181. The molecule has 1 aliphatic heterocycles. The first-order valence-corrected chi connectivity index (χ1v) is 8.86. The predicted molar refractivity (Wildman–Crippen MR) is 99.9 cm³/mol. The third-order valence-electron chi connectivity index (χ3n) is 5.45. The molecule has 2 aliphatic rings. The van der Waals surface area contributed by atoms with E-state index >= 15 is 0 Å². The number of oxime groups is 1. The molecule has 1 saturated carbocycles. The largest absolute Gasteiger partial charge is 0.399 e. The van der Waals surface area contributed by atoms with Gasteiger partial charge in [0.1, 0.15) is 7.11 Å². The van der Waals surface area contributed by atoms with Crippen LogP contribution in [0, 0.1) is 0 Å². The van der Waals surface area contributed by atoms with Crippen LogP contribution in [0.3, 0.4) is 0 Å². The number of anilines is 1. The molecule has 1 aliphatic carbocycles. The Balaban J connectivity index is 1.75. The highest BCUT2D eigenvalue weighted by Gasteiger charge is 2.47. The molecule has 1 spiro atoms. The molecule has 4 rings (SSSR count). The van der Waals surface area contributed by atoms with Crippen molar-refractivity contribution in [2.24, 2.45) is 5.16 Å². The van der Waals surface area contributed by atoms with Crippen LogP contribution < -0.4 is 5.32 Å². The van der Waals surface area contributed by atoms with Crippen molar-refractivity contribution < 1.29 is 9.63 Å². The minimum atomic E-state index is -0.321. The molecule has 2 aromatic rings. The summed E-state index contributed by atoms with van der Waals surface area (Å²) < 4.78 is 0. The van der Waals surface area contributed by atoms with Gasteiger partial charge in [0.15, 0.2) is 0 Å². The standard InChI is InChI=1S/C21H22N2O2/c1-25-22-14-15-6-5-7-16(12-15)17-8-9-19-18(13-17)21(20(24)23-19)10-3-2-4-11-21/h5-9,12-14H,2-4,10-11H2,1H3,(H,23,24). The Bertz CT molecular complexity index is 836. The van der Waals surface area contributed by atoms with E-state index < -0.39 is 0 Å². The number of carbonyl (C=O) groups is 1. The van der Waals surface area contributed by atoms with E-state index in [4.69, 9.17) is 4.84 Å². The van der Waals surface area contributed by atoms with E-state index in [2.05, 4.69) is 34.7 Å². The molecule has 2 aromatic carbocycles. The maximum Gasteiger partial charge on any atom is 0.235 e. The second kappa shape index (κ2) is 6.36. The molecule has 1 amide bonds. The van der Waals surface area contributed by atoms with E-state index in [-0.39, 0.29) is 11.3 Å². The van der Waals surface area contributed by atoms with Gasteiger partial charge in [0.25, 0.3) is 0 Å². The Kier molecular flexibility index (Phi) is 4.04. The molecular formula is C21H22N2O2. The van der Waals surface area contributed by atoms with Crippen molar-refractivity contribution in [3.05, 3.63) is 53.6 Å². The Labute approximate surface area is 147 Å². The third-order valence-corrected chi connectivity index (χ3v) is 5.45. The lowest BCUT2D eigenvalue weighted by Crippen LogP contribution is -2.36. The Morgan fingerprint density at radius 3 is 2.68 bits per heavy atom. The van der Waals surface area contributed by atoms with Gasteiger partial charge in [-0.1, -0.05) is 48.7 Å². The fourth-order valence-electron chi connectivity index (χ4n) is 4.16. The number of hydrogen-bond donors (Lipinski definition) is 1. The summed E-state index contributed by atoms with van der Waals surface area (Å²) in [5.41, 5.74) is 5.07. The van der Waals surface area contributed by atoms with E-state index in [0.29, 0.717) is 0 Å². The second-order valence-electron chi connectivity index (χ2n) is 6.90. The van der Waals surface area contributed by atoms with Crippen molar-refractivity contribution in [3.63, 3.8) is 0 Å². The van der Waals surface area contributed by atoms with Crippen molar-refractivity contribution in [2.75, 3.05) is 12.4 Å². The average Bonchev–Trinajstić information content (AvgIpc) is 2.92. The molecule has 1 heterocycles. The highest BCUT2D eigenvalue weighted by atomic mass is 16.6. The van der Waals surface area contributed by atoms with Gasteiger partial charge in [0.05, 0.1) is 11.6 Å². The third kappa shape index (κ3) is 2.72. The van der Waals surface area contributed by atoms with Crippen LogP contribution in [0.25, 0.3) is 11.1 Å². The van der Waals surface area contributed by atoms with Crippen molar-refractivity contribution in [3.8, 4) is 11.1 Å². The van der Waals surface area contributed by atoms with Crippen molar-refractivity contribution in [1.29, 1.82) is 0 Å². The number of nitrogens with one attached hydrogen (secondary N) is 1. The molecule has 0 radical (unpaired) electrons. The molecule has 1 fully saturated rings. The van der Waals surface area contributed by atoms with Gasteiger partial charge >= 0.3 is 0 Å². The van der Waals surface area contributed by atoms with Crippen LogP contribution in [0.4, 0.5) is 5.69 Å². The number of fused-ring (bicyclic) bond motifs is 2. The molecule has 0 unspecified atom stereocenters. The van der Waals surface area contributed by atoms with E-state index in [0.717, 1.165) is 48.1 Å². The van der Waals surface area contributed by atoms with Gasteiger partial charge in [0, 0.05) is 5.69 Å². The molecule has 0 bridgehead atoms. The van der Waals surface area contributed by atoms with Gasteiger partial charge in [0.2, 0.25) is 5.91 Å². The quantitative estimate of drug-likeness (QED) is 0.664. The molecule has 0 saturated heterocycles. The lowest BCUT2D eigenvalue weighted by atomic mass is 9.70. The number of nitrogens with zero attached hydrogens (tertiary/aromatic N) is 1. The maximum absolute atomic E-state index is 12.7. The van der Waals surface area contributed by atoms with Crippen LogP contribution >= 0.6 is 0 Å². The normalized spacial score (nSPS) is 18.4. The summed E-state index contributed by atoms with van der Waals surface area (Å²) in [7, 11) is 1.54. The lowest BCUT2D eigenvalue weighted by Gasteiger charge is -2.31. The fourth-order valence-corrected chi connectivity index (χ4v) is 4.16. The predicted octanol–water partition coefficient (Wildman–Crippen LogP) is 4.49. The number of carbonyl (C=O) groups excluding carboxylic acids is 1. The van der Waals surface area contributed by atoms with Crippen LogP contribution in [-0.2, 0) is 15.0 Å². The summed E-state index contributed by atoms with van der Waals surface area (Å²) in [6.45, 7) is 0. The molecule has 0 atom stereocenters. The number of amides is 1. The zero-order valence-electron chi connectivity index (χ0n) is 14.4. The van der Waals surface area contributed by atoms with Gasteiger partial charge in [-0.3, -0.25) is 4.79 Å². The summed E-state index contributed by atoms with van der Waals surface area (Å²) in [6.07, 6.45) is 7.08. The zero-order chi connectivity index (χ0) is 17.3. The Morgan fingerprint density at radius 2 is 1.88 bits per heavy atom. The van der Waals surface area contributed by atoms with Crippen LogP contribution in [0.1, 0.15) is 43.2 Å². The van der Waals surface area contributed by atoms with Crippen molar-refractivity contribution in [2.45, 2.75) is 37.5 Å². The SMILES string of the molecule is CON=Cc1cccc(-c2ccc3c(c2)C2(CCCCC2)C(=O)N3)c1. The number of benzene rings is 2. The smallest absolute Gasteiger partial charge is 0.235 e. The molecule has 1 N–H and O–H groups in total. The summed E-state index contributed by atoms with van der Waals surface area (Å²) in [5, 5.41) is 6.93. The Hall–Kier alpha value is -2.62. The first-order valence-electron chi connectivity index (χ1n) is 8.86. The topological polar surface area (TPSA) is 50.7 Å². The summed E-state index contributed by atoms with van der Waals surface area (Å²) in [4.78, 5) is 17.4. The number of hydrogen-bond acceptors (Lipinski definition) is 3. The minimum Gasteiger partial charge on any atom is -0.399 e. The van der Waals surface area contributed by atoms with E-state index in [1.807, 2.05) is 18.2 Å². The van der Waals surface area contributed by atoms with Crippen molar-refractivity contribution >= 4 is 17.8 Å². The van der Waals surface area contributed by atoms with Gasteiger partial charge in [-0.2, -0.15) is 0 Å². The summed E-state index contributed by atoms with van der Waals surface area (Å²) in [6, 6.07) is 14.5. The first kappa shape index (κ1) is 15.9. The molecule has 4 heteroatoms. The molecule has 0 aromatic heterocycles. The average molecular weight is 334 g/mol. The van der Waals surface area contributed by atoms with Gasteiger partial charge < -0.3 is 10.2 Å². The fraction of sp³-hybridized carbons (Fsp3) is 0.333. The van der Waals surface area contributed by atoms with Crippen LogP contribution in [-0.4, -0.2) is 19.2 Å². The van der Waals surface area contributed by atoms with Crippen LogP contribution in [0.15, 0.2) is 47.6 Å². The number of rotatable bonds is 3. The van der Waals surface area contributed by atoms with Crippen LogP contribution in [0.5, 0.6) is 0 Å². The van der Waals surface area contributed by atoms with E-state index in [1.165, 1.54) is 19.1 Å². The van der Waals surface area contributed by atoms with E-state index in [1.54, 1.807) is 6.21 Å².